The summed E-state index contributed by atoms with van der Waals surface area (Å²) in [7, 11) is 1.98. The van der Waals surface area contributed by atoms with Gasteiger partial charge in [-0.3, -0.25) is 0 Å². The van der Waals surface area contributed by atoms with Gasteiger partial charge in [-0.2, -0.15) is 0 Å². The Morgan fingerprint density at radius 2 is 1.52 bits per heavy atom. The van der Waals surface area contributed by atoms with Crippen molar-refractivity contribution in [3.8, 4) is 0 Å². The molecule has 0 saturated heterocycles. The van der Waals surface area contributed by atoms with Gasteiger partial charge in [0.1, 0.15) is 11.3 Å². The maximum atomic E-state index is 6.15. The van der Waals surface area contributed by atoms with E-state index in [2.05, 4.69) is 68.6 Å². The van der Waals surface area contributed by atoms with Crippen LogP contribution in [0.5, 0.6) is 0 Å². The van der Waals surface area contributed by atoms with Crippen molar-refractivity contribution in [2.24, 2.45) is 0 Å². The van der Waals surface area contributed by atoms with Crippen molar-refractivity contribution in [2.45, 2.75) is 26.8 Å². The molecule has 0 aliphatic carbocycles. The summed E-state index contributed by atoms with van der Waals surface area (Å²) in [5, 5.41) is 4.57. The topological polar surface area (TPSA) is 25.2 Å². The molecule has 108 valence electrons. The van der Waals surface area contributed by atoms with E-state index >= 15 is 0 Å². The molecule has 1 N–H and O–H groups in total. The third kappa shape index (κ3) is 2.36. The molecule has 21 heavy (non-hydrogen) atoms. The molecule has 0 aliphatic heterocycles. The second-order valence-corrected chi connectivity index (χ2v) is 5.67. The van der Waals surface area contributed by atoms with Crippen molar-refractivity contribution in [3.05, 3.63) is 70.5 Å². The van der Waals surface area contributed by atoms with E-state index in [4.69, 9.17) is 4.42 Å². The van der Waals surface area contributed by atoms with Gasteiger partial charge in [-0.25, -0.2) is 0 Å². The van der Waals surface area contributed by atoms with E-state index in [1.54, 1.807) is 0 Å². The molecule has 1 unspecified atom stereocenters. The van der Waals surface area contributed by atoms with Gasteiger partial charge in [-0.1, -0.05) is 36.4 Å². The number of aryl methyl sites for hydroxylation is 3. The highest BCUT2D eigenvalue weighted by atomic mass is 16.3. The van der Waals surface area contributed by atoms with Gasteiger partial charge in [0.15, 0.2) is 0 Å². The zero-order valence-electron chi connectivity index (χ0n) is 13.0. The zero-order chi connectivity index (χ0) is 15.0. The lowest BCUT2D eigenvalue weighted by molar-refractivity contribution is 0.488. The Morgan fingerprint density at radius 3 is 2.14 bits per heavy atom. The SMILES string of the molecule is CNC(c1cc2cccc(C)c2o1)c1c(C)cccc1C. The minimum absolute atomic E-state index is 0.0815. The fourth-order valence-corrected chi connectivity index (χ4v) is 3.08. The number of hydrogen-bond acceptors (Lipinski definition) is 2. The minimum Gasteiger partial charge on any atom is -0.459 e. The Hall–Kier alpha value is -2.06. The van der Waals surface area contributed by atoms with E-state index in [-0.39, 0.29) is 6.04 Å². The minimum atomic E-state index is 0.0815. The quantitative estimate of drug-likeness (QED) is 0.754. The van der Waals surface area contributed by atoms with Crippen LogP contribution in [0.4, 0.5) is 0 Å². The van der Waals surface area contributed by atoms with Crippen LogP contribution in [0.2, 0.25) is 0 Å². The average Bonchev–Trinajstić information content (AvgIpc) is 2.88. The Balaban J connectivity index is 2.16. The lowest BCUT2D eigenvalue weighted by Crippen LogP contribution is -2.19. The van der Waals surface area contributed by atoms with Gasteiger partial charge >= 0.3 is 0 Å². The third-order valence-corrected chi connectivity index (χ3v) is 4.16. The molecule has 2 nitrogen and oxygen atoms in total. The van der Waals surface area contributed by atoms with Crippen molar-refractivity contribution < 1.29 is 4.42 Å². The first-order valence-electron chi connectivity index (χ1n) is 7.34. The molecule has 2 heteroatoms. The summed E-state index contributed by atoms with van der Waals surface area (Å²) >= 11 is 0. The fraction of sp³-hybridized carbons (Fsp3) is 0.263. The second kappa shape index (κ2) is 5.38. The first kappa shape index (κ1) is 13.9. The number of hydrogen-bond donors (Lipinski definition) is 1. The molecule has 3 aromatic rings. The van der Waals surface area contributed by atoms with E-state index in [0.717, 1.165) is 16.7 Å². The van der Waals surface area contributed by atoms with Crippen LogP contribution >= 0.6 is 0 Å². The van der Waals surface area contributed by atoms with E-state index in [9.17, 15) is 0 Å². The van der Waals surface area contributed by atoms with Crippen LogP contribution in [-0.2, 0) is 0 Å². The standard InChI is InChI=1S/C19H21NO/c1-12-7-5-8-13(2)17(12)18(20-4)16-11-15-10-6-9-14(3)19(15)21-16/h5-11,18,20H,1-4H3. The smallest absolute Gasteiger partial charge is 0.137 e. The van der Waals surface area contributed by atoms with Gasteiger partial charge < -0.3 is 9.73 Å². The number of fused-ring (bicyclic) bond motifs is 1. The molecule has 0 bridgehead atoms. The van der Waals surface area contributed by atoms with E-state index in [1.807, 2.05) is 7.05 Å². The Labute approximate surface area is 125 Å². The monoisotopic (exact) mass is 279 g/mol. The predicted molar refractivity (Wildman–Crippen MR) is 87.8 cm³/mol. The fourth-order valence-electron chi connectivity index (χ4n) is 3.08. The predicted octanol–water partition coefficient (Wildman–Crippen LogP) is 4.67. The highest BCUT2D eigenvalue weighted by Gasteiger charge is 2.20. The van der Waals surface area contributed by atoms with Crippen molar-refractivity contribution in [1.29, 1.82) is 0 Å². The molecule has 2 aromatic carbocycles. The molecular weight excluding hydrogens is 258 g/mol. The molecule has 1 heterocycles. The summed E-state index contributed by atoms with van der Waals surface area (Å²) in [6.07, 6.45) is 0. The van der Waals surface area contributed by atoms with E-state index in [0.29, 0.717) is 0 Å². The van der Waals surface area contributed by atoms with Crippen molar-refractivity contribution in [1.82, 2.24) is 5.32 Å². The van der Waals surface area contributed by atoms with Gasteiger partial charge in [0, 0.05) is 5.39 Å². The second-order valence-electron chi connectivity index (χ2n) is 5.67. The average molecular weight is 279 g/mol. The first-order chi connectivity index (χ1) is 10.1. The largest absolute Gasteiger partial charge is 0.459 e. The van der Waals surface area contributed by atoms with Crippen LogP contribution in [0, 0.1) is 20.8 Å². The van der Waals surface area contributed by atoms with E-state index < -0.39 is 0 Å². The highest BCUT2D eigenvalue weighted by molar-refractivity contribution is 5.81. The molecule has 1 aromatic heterocycles. The summed E-state index contributed by atoms with van der Waals surface area (Å²) in [4.78, 5) is 0. The van der Waals surface area contributed by atoms with Gasteiger partial charge in [0.2, 0.25) is 0 Å². The Bertz CT molecular complexity index is 765. The first-order valence-corrected chi connectivity index (χ1v) is 7.34. The number of rotatable bonds is 3. The van der Waals surface area contributed by atoms with Crippen LogP contribution in [0.15, 0.2) is 46.9 Å². The lowest BCUT2D eigenvalue weighted by atomic mass is 9.94. The van der Waals surface area contributed by atoms with Gasteiger partial charge in [-0.05, 0) is 56.1 Å². The normalized spacial score (nSPS) is 12.8. The van der Waals surface area contributed by atoms with Crippen molar-refractivity contribution >= 4 is 11.0 Å². The lowest BCUT2D eigenvalue weighted by Gasteiger charge is -2.19. The van der Waals surface area contributed by atoms with Crippen LogP contribution in [0.25, 0.3) is 11.0 Å². The molecule has 0 saturated carbocycles. The summed E-state index contributed by atoms with van der Waals surface area (Å²) in [5.41, 5.74) is 6.03. The molecule has 0 aliphatic rings. The van der Waals surface area contributed by atoms with Gasteiger partial charge in [0.25, 0.3) is 0 Å². The third-order valence-electron chi connectivity index (χ3n) is 4.16. The van der Waals surface area contributed by atoms with Crippen LogP contribution in [0.1, 0.15) is 34.1 Å². The summed E-state index contributed by atoms with van der Waals surface area (Å²) in [5.74, 6) is 0.971. The molecule has 0 radical (unpaired) electrons. The number of nitrogens with one attached hydrogen (secondary N) is 1. The molecule has 0 spiro atoms. The maximum absolute atomic E-state index is 6.15. The molecular formula is C19H21NO. The van der Waals surface area contributed by atoms with Crippen molar-refractivity contribution in [3.63, 3.8) is 0 Å². The molecule has 3 rings (SSSR count). The summed E-state index contributed by atoms with van der Waals surface area (Å²) < 4.78 is 6.15. The van der Waals surface area contributed by atoms with Crippen LogP contribution in [0.3, 0.4) is 0 Å². The number of furan rings is 1. The van der Waals surface area contributed by atoms with Crippen LogP contribution in [-0.4, -0.2) is 7.05 Å². The molecule has 1 atom stereocenters. The number of benzene rings is 2. The Kier molecular flexibility index (Phi) is 3.56. The molecule has 0 fully saturated rings. The number of para-hydroxylation sites is 1. The zero-order valence-corrected chi connectivity index (χ0v) is 13.0. The van der Waals surface area contributed by atoms with E-state index in [1.165, 1.54) is 22.3 Å². The summed E-state index contributed by atoms with van der Waals surface area (Å²) in [6, 6.07) is 14.9. The maximum Gasteiger partial charge on any atom is 0.137 e. The molecule has 0 amide bonds. The summed E-state index contributed by atoms with van der Waals surface area (Å²) in [6.45, 7) is 6.39. The van der Waals surface area contributed by atoms with Gasteiger partial charge in [-0.15, -0.1) is 0 Å². The van der Waals surface area contributed by atoms with Crippen molar-refractivity contribution in [2.75, 3.05) is 7.05 Å². The van der Waals surface area contributed by atoms with Gasteiger partial charge in [0.05, 0.1) is 6.04 Å². The van der Waals surface area contributed by atoms with Crippen LogP contribution < -0.4 is 5.32 Å². The Morgan fingerprint density at radius 1 is 0.905 bits per heavy atom. The highest BCUT2D eigenvalue weighted by Crippen LogP contribution is 2.32.